The van der Waals surface area contributed by atoms with Crippen LogP contribution < -0.4 is 5.32 Å². The van der Waals surface area contributed by atoms with Crippen molar-refractivity contribution in [1.82, 2.24) is 10.2 Å². The number of alkyl halides is 3. The lowest BCUT2D eigenvalue weighted by atomic mass is 10.1. The van der Waals surface area contributed by atoms with E-state index in [2.05, 4.69) is 19.2 Å². The maximum absolute atomic E-state index is 12.0. The third kappa shape index (κ3) is 11.8. The van der Waals surface area contributed by atoms with Crippen LogP contribution in [0.4, 0.5) is 13.2 Å². The van der Waals surface area contributed by atoms with E-state index in [1.54, 1.807) is 0 Å². The first-order valence-electron chi connectivity index (χ1n) is 5.77. The molecule has 1 N–H and O–H groups in total. The van der Waals surface area contributed by atoms with Crippen molar-refractivity contribution < 1.29 is 13.2 Å². The summed E-state index contributed by atoms with van der Waals surface area (Å²) < 4.78 is 35.9. The van der Waals surface area contributed by atoms with Crippen LogP contribution in [-0.4, -0.2) is 44.3 Å². The molecular formula is C11H23F3N2. The summed E-state index contributed by atoms with van der Waals surface area (Å²) in [7, 11) is 1.49. The van der Waals surface area contributed by atoms with Gasteiger partial charge in [-0.15, -0.1) is 0 Å². The number of hydrogen-bond acceptors (Lipinski definition) is 2. The Kier molecular flexibility index (Phi) is 7.76. The van der Waals surface area contributed by atoms with Crippen molar-refractivity contribution in [3.8, 4) is 0 Å². The summed E-state index contributed by atoms with van der Waals surface area (Å²) in [5.74, 6) is 0.690. The molecule has 98 valence electrons. The summed E-state index contributed by atoms with van der Waals surface area (Å²) in [4.78, 5) is 1.29. The third-order valence-electron chi connectivity index (χ3n) is 2.25. The molecule has 0 aliphatic rings. The summed E-state index contributed by atoms with van der Waals surface area (Å²) in [6.07, 6.45) is -1.85. The van der Waals surface area contributed by atoms with E-state index in [0.717, 1.165) is 19.4 Å². The van der Waals surface area contributed by atoms with E-state index >= 15 is 0 Å². The lowest BCUT2D eigenvalue weighted by molar-refractivity contribution is -0.142. The Morgan fingerprint density at radius 1 is 1.19 bits per heavy atom. The van der Waals surface area contributed by atoms with E-state index in [1.165, 1.54) is 11.9 Å². The molecule has 0 unspecified atom stereocenters. The molecule has 0 saturated heterocycles. The van der Waals surface area contributed by atoms with Crippen LogP contribution in [0.2, 0.25) is 0 Å². The van der Waals surface area contributed by atoms with Gasteiger partial charge in [0.1, 0.15) is 0 Å². The highest BCUT2D eigenvalue weighted by atomic mass is 19.4. The molecule has 0 aromatic heterocycles. The summed E-state index contributed by atoms with van der Waals surface area (Å²) in [6, 6.07) is 0. The Morgan fingerprint density at radius 2 is 1.81 bits per heavy atom. The van der Waals surface area contributed by atoms with Crippen LogP contribution in [0.15, 0.2) is 0 Å². The Hall–Kier alpha value is -0.290. The van der Waals surface area contributed by atoms with Gasteiger partial charge in [0.2, 0.25) is 0 Å². The zero-order valence-corrected chi connectivity index (χ0v) is 10.4. The fourth-order valence-electron chi connectivity index (χ4n) is 1.42. The van der Waals surface area contributed by atoms with Crippen LogP contribution in [0.5, 0.6) is 0 Å². The minimum atomic E-state index is -4.09. The largest absolute Gasteiger partial charge is 0.401 e. The predicted octanol–water partition coefficient (Wildman–Crippen LogP) is 2.51. The van der Waals surface area contributed by atoms with Crippen molar-refractivity contribution in [3.63, 3.8) is 0 Å². The van der Waals surface area contributed by atoms with Crippen molar-refractivity contribution in [2.24, 2.45) is 5.92 Å². The van der Waals surface area contributed by atoms with E-state index < -0.39 is 12.7 Å². The third-order valence-corrected chi connectivity index (χ3v) is 2.25. The number of hydrogen-bond donors (Lipinski definition) is 1. The number of nitrogens with zero attached hydrogens (tertiary/aromatic N) is 1. The molecule has 0 aromatic carbocycles. The summed E-state index contributed by atoms with van der Waals surface area (Å²) in [6.45, 7) is 5.43. The molecule has 0 heterocycles. The smallest absolute Gasteiger partial charge is 0.315 e. The van der Waals surface area contributed by atoms with Gasteiger partial charge >= 0.3 is 6.18 Å². The fraction of sp³-hybridized carbons (Fsp3) is 1.00. The second-order valence-electron chi connectivity index (χ2n) is 4.64. The van der Waals surface area contributed by atoms with Crippen LogP contribution >= 0.6 is 0 Å². The summed E-state index contributed by atoms with van der Waals surface area (Å²) in [5.41, 5.74) is 0. The monoisotopic (exact) mass is 240 g/mol. The van der Waals surface area contributed by atoms with Gasteiger partial charge in [-0.1, -0.05) is 13.8 Å². The van der Waals surface area contributed by atoms with Crippen molar-refractivity contribution in [1.29, 1.82) is 0 Å². The molecule has 5 heteroatoms. The van der Waals surface area contributed by atoms with E-state index in [0.29, 0.717) is 19.0 Å². The number of rotatable bonds is 8. The number of likely N-dealkylation sites (N-methyl/N-ethyl adjacent to an activating group) is 1. The van der Waals surface area contributed by atoms with E-state index in [1.807, 2.05) is 0 Å². The molecule has 0 fully saturated rings. The topological polar surface area (TPSA) is 15.3 Å². The van der Waals surface area contributed by atoms with Crippen LogP contribution in [0, 0.1) is 5.92 Å². The zero-order valence-electron chi connectivity index (χ0n) is 10.4. The van der Waals surface area contributed by atoms with Crippen LogP contribution in [0.25, 0.3) is 0 Å². The first-order chi connectivity index (χ1) is 7.31. The van der Waals surface area contributed by atoms with Gasteiger partial charge in [-0.3, -0.25) is 4.90 Å². The maximum Gasteiger partial charge on any atom is 0.401 e. The van der Waals surface area contributed by atoms with Gasteiger partial charge in [0, 0.05) is 13.1 Å². The average Bonchev–Trinajstić information content (AvgIpc) is 2.07. The molecule has 0 bridgehead atoms. The van der Waals surface area contributed by atoms with Gasteiger partial charge in [0.15, 0.2) is 0 Å². The molecule has 0 spiro atoms. The molecule has 0 aromatic rings. The Balaban J connectivity index is 3.31. The highest BCUT2D eigenvalue weighted by Gasteiger charge is 2.28. The zero-order chi connectivity index (χ0) is 12.6. The van der Waals surface area contributed by atoms with E-state index in [4.69, 9.17) is 0 Å². The molecule has 0 rings (SSSR count). The lowest BCUT2D eigenvalue weighted by Crippen LogP contribution is -2.36. The Bertz CT molecular complexity index is 169. The van der Waals surface area contributed by atoms with Crippen molar-refractivity contribution >= 4 is 0 Å². The van der Waals surface area contributed by atoms with E-state index in [-0.39, 0.29) is 0 Å². The standard InChI is InChI=1S/C11H23F3N2/c1-10(2)5-4-6-15-7-8-16(3)9-11(12,13)14/h10,15H,4-9H2,1-3H3. The number of halogens is 3. The minimum absolute atomic E-state index is 0.432. The maximum atomic E-state index is 12.0. The normalized spacial score (nSPS) is 12.8. The van der Waals surface area contributed by atoms with Gasteiger partial charge in [0.05, 0.1) is 6.54 Å². The lowest BCUT2D eigenvalue weighted by Gasteiger charge is -2.18. The first-order valence-corrected chi connectivity index (χ1v) is 5.77. The molecule has 0 amide bonds. The van der Waals surface area contributed by atoms with E-state index in [9.17, 15) is 13.2 Å². The quantitative estimate of drug-likeness (QED) is 0.656. The molecule has 0 aliphatic heterocycles. The molecular weight excluding hydrogens is 217 g/mol. The minimum Gasteiger partial charge on any atom is -0.315 e. The molecule has 16 heavy (non-hydrogen) atoms. The molecule has 0 saturated carbocycles. The first kappa shape index (κ1) is 15.7. The van der Waals surface area contributed by atoms with Crippen molar-refractivity contribution in [3.05, 3.63) is 0 Å². The number of nitrogens with one attached hydrogen (secondary N) is 1. The van der Waals surface area contributed by atoms with Gasteiger partial charge in [-0.05, 0) is 32.4 Å². The van der Waals surface area contributed by atoms with Crippen LogP contribution in [-0.2, 0) is 0 Å². The summed E-state index contributed by atoms with van der Waals surface area (Å²) >= 11 is 0. The molecule has 0 aliphatic carbocycles. The van der Waals surface area contributed by atoms with Gasteiger partial charge < -0.3 is 5.32 Å². The SMILES string of the molecule is CC(C)CCCNCCN(C)CC(F)(F)F. The van der Waals surface area contributed by atoms with Gasteiger partial charge in [-0.2, -0.15) is 13.2 Å². The van der Waals surface area contributed by atoms with Crippen LogP contribution in [0.3, 0.4) is 0 Å². The van der Waals surface area contributed by atoms with Crippen molar-refractivity contribution in [2.45, 2.75) is 32.9 Å². The highest BCUT2D eigenvalue weighted by molar-refractivity contribution is 4.60. The summed E-state index contributed by atoms with van der Waals surface area (Å²) in [5, 5.41) is 3.15. The van der Waals surface area contributed by atoms with Gasteiger partial charge in [-0.25, -0.2) is 0 Å². The second-order valence-corrected chi connectivity index (χ2v) is 4.64. The van der Waals surface area contributed by atoms with Crippen LogP contribution in [0.1, 0.15) is 26.7 Å². The van der Waals surface area contributed by atoms with Gasteiger partial charge in [0.25, 0.3) is 0 Å². The molecule has 0 radical (unpaired) electrons. The highest BCUT2D eigenvalue weighted by Crippen LogP contribution is 2.14. The average molecular weight is 240 g/mol. The predicted molar refractivity (Wildman–Crippen MR) is 60.5 cm³/mol. The Morgan fingerprint density at radius 3 is 2.31 bits per heavy atom. The molecule has 2 nitrogen and oxygen atoms in total. The van der Waals surface area contributed by atoms with Crippen molar-refractivity contribution in [2.75, 3.05) is 33.2 Å². The fourth-order valence-corrected chi connectivity index (χ4v) is 1.42. The molecule has 0 atom stereocenters. The second kappa shape index (κ2) is 7.90. The Labute approximate surface area is 96.2 Å².